The Morgan fingerprint density at radius 3 is 1.24 bits per heavy atom. The minimum atomic E-state index is 0. The second-order valence-corrected chi connectivity index (χ2v) is 20.0. The number of unbranched alkanes of at least 4 members (excludes halogenated alkanes) is 2. The van der Waals surface area contributed by atoms with Crippen molar-refractivity contribution in [3.05, 3.63) is 80.9 Å². The first kappa shape index (κ1) is 41.3. The van der Waals surface area contributed by atoms with Crippen LogP contribution in [-0.2, 0) is 23.3 Å². The van der Waals surface area contributed by atoms with Crippen molar-refractivity contribution in [1.82, 2.24) is 0 Å². The summed E-state index contributed by atoms with van der Waals surface area (Å²) < 4.78 is 0. The molecule has 4 aromatic carbocycles. The van der Waals surface area contributed by atoms with E-state index >= 15 is 0 Å². The Morgan fingerprint density at radius 2 is 0.952 bits per heavy atom. The maximum absolute atomic E-state index is 2.33. The van der Waals surface area contributed by atoms with Crippen molar-refractivity contribution in [2.24, 2.45) is 0 Å². The van der Waals surface area contributed by atoms with Crippen molar-refractivity contribution in [3.63, 3.8) is 0 Å². The van der Waals surface area contributed by atoms with Gasteiger partial charge in [-0.2, -0.15) is 11.1 Å². The molecule has 0 aliphatic heterocycles. The molecule has 0 aromatic heterocycles. The van der Waals surface area contributed by atoms with E-state index in [9.17, 15) is 0 Å². The van der Waals surface area contributed by atoms with Crippen LogP contribution in [0.25, 0.3) is 21.5 Å². The largest absolute Gasteiger partial charge is 1.00 e. The van der Waals surface area contributed by atoms with Crippen molar-refractivity contribution < 1.29 is 48.1 Å². The maximum Gasteiger partial charge on any atom is -0.0308 e. The monoisotopic (exact) mass is 700 g/mol. The first-order valence-electron chi connectivity index (χ1n) is 15.7. The molecule has 0 amide bonds. The fourth-order valence-electron chi connectivity index (χ4n) is 5.60. The van der Waals surface area contributed by atoms with Gasteiger partial charge in [0.05, 0.1) is 0 Å². The first-order chi connectivity index (χ1) is 18.8. The predicted molar refractivity (Wildman–Crippen MR) is 181 cm³/mol. The maximum atomic E-state index is 2.33. The summed E-state index contributed by atoms with van der Waals surface area (Å²) in [6, 6.07) is 16.9. The molecule has 0 spiro atoms. The number of rotatable bonds is 8. The van der Waals surface area contributed by atoms with Gasteiger partial charge >= 0.3 is 80.4 Å². The fourth-order valence-corrected chi connectivity index (χ4v) is 10.0. The Hall–Kier alpha value is -0.660. The molecule has 0 aliphatic carbocycles. The summed E-state index contributed by atoms with van der Waals surface area (Å²) in [5.74, 6) is 1.21. The van der Waals surface area contributed by atoms with Crippen molar-refractivity contribution in [2.75, 3.05) is 0 Å². The Labute approximate surface area is 286 Å². The summed E-state index contributed by atoms with van der Waals surface area (Å²) in [7, 11) is 0. The van der Waals surface area contributed by atoms with Crippen molar-refractivity contribution in [1.29, 1.82) is 0 Å². The standard InChI is InChI=1S/2C15H19.C8H18Si.2ClH.Zr/c2*1-9(2)13-7-6-10(3)14-8-11(4)12(5)15(13)14;1-3-5-7-9-8-6-4-2;;;/h2*6-9H,1-5H3;3-8H2,1-2H3;2*1H;/q2*-1;;;;+2/p-2. The molecule has 0 radical (unpaired) electrons. The Balaban J connectivity index is 0.000000601. The first-order valence-corrected chi connectivity index (χ1v) is 21.3. The average molecular weight is 703 g/mol. The van der Waals surface area contributed by atoms with Crippen LogP contribution >= 0.6 is 0 Å². The number of benzene rings is 2. The molecule has 0 saturated heterocycles. The van der Waals surface area contributed by atoms with E-state index in [1.807, 2.05) is 23.3 Å². The van der Waals surface area contributed by atoms with Crippen LogP contribution in [0.1, 0.15) is 124 Å². The zero-order valence-electron chi connectivity index (χ0n) is 28.6. The van der Waals surface area contributed by atoms with Gasteiger partial charge in [0, 0.05) is 0 Å². The second-order valence-electron chi connectivity index (χ2n) is 12.5. The predicted octanol–water partition coefficient (Wildman–Crippen LogP) is 6.35. The summed E-state index contributed by atoms with van der Waals surface area (Å²) in [6.45, 7) is 27.0. The molecule has 42 heavy (non-hydrogen) atoms. The van der Waals surface area contributed by atoms with Gasteiger partial charge in [0.25, 0.3) is 0 Å². The molecule has 0 fully saturated rings. The molecule has 4 rings (SSSR count). The minimum absolute atomic E-state index is 0. The number of aryl methyl sites for hydroxylation is 6. The number of halogens is 2. The van der Waals surface area contributed by atoms with E-state index in [0.717, 1.165) is 0 Å². The smallest absolute Gasteiger partial charge is 0.0308 e. The summed E-state index contributed by atoms with van der Waals surface area (Å²) in [6.07, 6.45) is 5.77. The van der Waals surface area contributed by atoms with E-state index < -0.39 is 0 Å². The van der Waals surface area contributed by atoms with E-state index in [1.165, 1.54) is 91.7 Å². The molecule has 0 aliphatic rings. The van der Waals surface area contributed by atoms with Gasteiger partial charge in [-0.15, -0.1) is 68.1 Å². The summed E-state index contributed by atoms with van der Waals surface area (Å²) >= 11 is 1.86. The van der Waals surface area contributed by atoms with Gasteiger partial charge in [-0.05, 0) is 11.8 Å². The Kier molecular flexibility index (Phi) is 19.4. The molecular weight excluding hydrogens is 647 g/mol. The van der Waals surface area contributed by atoms with E-state index in [-0.39, 0.29) is 30.2 Å². The van der Waals surface area contributed by atoms with Crippen molar-refractivity contribution in [3.8, 4) is 0 Å². The molecule has 0 saturated carbocycles. The van der Waals surface area contributed by atoms with Crippen LogP contribution in [0.5, 0.6) is 0 Å². The fraction of sp³-hybridized carbons (Fsp3) is 0.526. The number of hydrogen-bond donors (Lipinski definition) is 0. The van der Waals surface area contributed by atoms with Gasteiger partial charge in [-0.25, -0.2) is 0 Å². The zero-order valence-corrected chi connectivity index (χ0v) is 33.6. The number of hydrogen-bond acceptors (Lipinski definition) is 0. The van der Waals surface area contributed by atoms with Gasteiger partial charge in [-0.1, -0.05) is 92.5 Å². The quantitative estimate of drug-likeness (QED) is 0.149. The third-order valence-electron chi connectivity index (χ3n) is 8.55. The number of fused-ring (bicyclic) bond motifs is 2. The van der Waals surface area contributed by atoms with E-state index in [4.69, 9.17) is 0 Å². The normalized spacial score (nSPS) is 10.7. The van der Waals surface area contributed by atoms with Crippen LogP contribution in [0.2, 0.25) is 12.1 Å². The van der Waals surface area contributed by atoms with Gasteiger partial charge in [0.15, 0.2) is 0 Å². The average Bonchev–Trinajstić information content (AvgIpc) is 3.38. The molecule has 4 aromatic rings. The Bertz CT molecular complexity index is 1300. The molecule has 0 unspecified atom stereocenters. The van der Waals surface area contributed by atoms with E-state index in [2.05, 4.69) is 119 Å². The summed E-state index contributed by atoms with van der Waals surface area (Å²) in [4.78, 5) is 0. The summed E-state index contributed by atoms with van der Waals surface area (Å²) in [5.41, 5.74) is 11.7. The van der Waals surface area contributed by atoms with E-state index in [1.54, 1.807) is 12.1 Å². The van der Waals surface area contributed by atoms with Crippen LogP contribution in [0.15, 0.2) is 36.4 Å². The van der Waals surface area contributed by atoms with Crippen LogP contribution in [-0.4, -0.2) is 5.43 Å². The van der Waals surface area contributed by atoms with Crippen LogP contribution in [0.3, 0.4) is 0 Å². The molecule has 0 bridgehead atoms. The van der Waals surface area contributed by atoms with Crippen LogP contribution < -0.4 is 24.8 Å². The summed E-state index contributed by atoms with van der Waals surface area (Å²) in [5, 5.41) is 5.86. The van der Waals surface area contributed by atoms with Gasteiger partial charge in [0.1, 0.15) is 0 Å². The van der Waals surface area contributed by atoms with Gasteiger partial charge < -0.3 is 24.8 Å². The molecular formula is C38H56Cl2SiZr-2. The van der Waals surface area contributed by atoms with Crippen LogP contribution in [0.4, 0.5) is 0 Å². The molecule has 4 heteroatoms. The van der Waals surface area contributed by atoms with Crippen molar-refractivity contribution in [2.45, 2.75) is 133 Å². The Morgan fingerprint density at radius 1 is 0.619 bits per heavy atom. The minimum Gasteiger partial charge on any atom is -1.00 e. The SMILES string of the molecule is CCCC[Si](=[Zr+2])CCCC.Cc1[cH-]c2c(C)ccc(C(C)C)c2c1C.Cc1[cH-]c2c(C)ccc(C(C)C)c2c1C.[Cl-].[Cl-]. The zero-order chi connectivity index (χ0) is 30.1. The van der Waals surface area contributed by atoms with E-state index in [0.29, 0.717) is 11.8 Å². The molecule has 0 atom stereocenters. The molecule has 0 N–H and O–H groups in total. The van der Waals surface area contributed by atoms with Crippen molar-refractivity contribution >= 4 is 27.0 Å². The van der Waals surface area contributed by atoms with Gasteiger partial charge in [-0.3, -0.25) is 0 Å². The third-order valence-corrected chi connectivity index (χ3v) is 14.2. The van der Waals surface area contributed by atoms with Crippen LogP contribution in [0, 0.1) is 41.5 Å². The molecule has 0 heterocycles. The molecule has 232 valence electrons. The van der Waals surface area contributed by atoms with Gasteiger partial charge in [0.2, 0.25) is 0 Å². The topological polar surface area (TPSA) is 0 Å². The molecule has 0 nitrogen and oxygen atoms in total. The third kappa shape index (κ3) is 10.8. The second kappa shape index (κ2) is 19.7.